The summed E-state index contributed by atoms with van der Waals surface area (Å²) in [6.45, 7) is 0. The fraction of sp³-hybridized carbons (Fsp3) is 0.667. The number of hydrogen-bond acceptors (Lipinski definition) is 1. The molecule has 0 aromatic heterocycles. The van der Waals surface area contributed by atoms with Crippen LogP contribution in [0.2, 0.25) is 14.5 Å². The molecule has 4 saturated carbocycles. The molecule has 4 fully saturated rings. The van der Waals surface area contributed by atoms with Crippen molar-refractivity contribution in [3.8, 4) is 0 Å². The van der Waals surface area contributed by atoms with Gasteiger partial charge in [0.1, 0.15) is 0 Å². The molecule has 4 aliphatic carbocycles. The number of hydrogen-bond donors (Lipinski definition) is 0. The van der Waals surface area contributed by atoms with E-state index in [2.05, 4.69) is 60.7 Å². The average Bonchev–Trinajstić information content (AvgIpc) is 3.04. The molecule has 4 aliphatic rings. The van der Waals surface area contributed by atoms with Crippen molar-refractivity contribution in [2.45, 2.75) is 143 Å². The summed E-state index contributed by atoms with van der Waals surface area (Å²) in [4.78, 5) is 0. The molecule has 2 aromatic rings. The van der Waals surface area contributed by atoms with Gasteiger partial charge in [-0.15, -0.1) is 0 Å². The maximum atomic E-state index is 9.00. The van der Waals surface area contributed by atoms with Gasteiger partial charge in [0.05, 0.1) is 0 Å². The zero-order valence-electron chi connectivity index (χ0n) is 24.6. The minimum atomic E-state index is -3.57. The summed E-state index contributed by atoms with van der Waals surface area (Å²) in [7, 11) is 0. The number of benzene rings is 2. The first-order chi connectivity index (χ1) is 19.3. The van der Waals surface area contributed by atoms with Crippen molar-refractivity contribution in [1.82, 2.24) is 0 Å². The predicted molar refractivity (Wildman–Crippen MR) is 175 cm³/mol. The van der Waals surface area contributed by atoms with Crippen LogP contribution in [0, 0.1) is 0 Å². The second kappa shape index (κ2) is 14.1. The summed E-state index contributed by atoms with van der Waals surface area (Å²) in [6, 6.07) is 24.5. The molecule has 0 saturated heterocycles. The van der Waals surface area contributed by atoms with Gasteiger partial charge in [0, 0.05) is 0 Å². The molecule has 0 aliphatic heterocycles. The summed E-state index contributed by atoms with van der Waals surface area (Å²) >= 11 is -7.13. The van der Waals surface area contributed by atoms with Crippen LogP contribution in [0.1, 0.15) is 128 Å². The Morgan fingerprint density at radius 3 is 0.872 bits per heavy atom. The molecule has 0 radical (unpaired) electrons. The van der Waals surface area contributed by atoms with Crippen LogP contribution < -0.4 is 6.54 Å². The Hall–Kier alpha value is 0.166. The van der Waals surface area contributed by atoms with Gasteiger partial charge in [-0.1, -0.05) is 0 Å². The Labute approximate surface area is 250 Å². The third kappa shape index (κ3) is 6.14. The van der Waals surface area contributed by atoms with Gasteiger partial charge in [-0.2, -0.15) is 0 Å². The fourth-order valence-corrected chi connectivity index (χ4v) is 103. The molecule has 0 amide bonds. The Morgan fingerprint density at radius 2 is 0.615 bits per heavy atom. The Kier molecular flexibility index (Phi) is 10.6. The van der Waals surface area contributed by atoms with Gasteiger partial charge < -0.3 is 0 Å². The first-order valence-corrected chi connectivity index (χ1v) is 33.2. The molecule has 0 atom stereocenters. The van der Waals surface area contributed by atoms with E-state index < -0.39 is 41.4 Å². The van der Waals surface area contributed by atoms with Crippen LogP contribution in [0.3, 0.4) is 0 Å². The van der Waals surface area contributed by atoms with Crippen molar-refractivity contribution in [2.24, 2.45) is 0 Å². The van der Waals surface area contributed by atoms with Gasteiger partial charge >= 0.3 is 252 Å². The SMILES string of the molecule is c1cc[c]([BiH]([O][BiH]([c]2ccccc2)([CH]2CCCCC2)[CH]2CCCCC2)([CH]2CCCCC2)[CH]2CCCCC2)cc1. The van der Waals surface area contributed by atoms with Crippen molar-refractivity contribution in [2.75, 3.05) is 0 Å². The van der Waals surface area contributed by atoms with Gasteiger partial charge in [-0.3, -0.25) is 0 Å². The molecule has 1 nitrogen and oxygen atoms in total. The van der Waals surface area contributed by atoms with Crippen LogP contribution >= 0.6 is 0 Å². The molecule has 0 N–H and O–H groups in total. The van der Waals surface area contributed by atoms with Gasteiger partial charge in [-0.05, 0) is 0 Å². The molecular weight excluding hydrogens is 866 g/mol. The van der Waals surface area contributed by atoms with Crippen molar-refractivity contribution in [3.63, 3.8) is 0 Å². The molecule has 2 aromatic carbocycles. The van der Waals surface area contributed by atoms with Crippen LogP contribution in [-0.4, -0.2) is 41.4 Å². The normalized spacial score (nSPS) is 24.4. The minimum absolute atomic E-state index is 0.909. The standard InChI is InChI=1S/4C6H11.2C6H5.2Bi.O.2H/c6*1-2-4-6-5-3-1;;;;;/h4*1H,2-6H2;2*1-5H;;;;;. The van der Waals surface area contributed by atoms with E-state index in [0.717, 1.165) is 14.5 Å². The quantitative estimate of drug-likeness (QED) is 0.240. The average molecular weight is 923 g/mol. The Balaban J connectivity index is 1.57. The fourth-order valence-electron chi connectivity index (χ4n) is 9.86. The van der Waals surface area contributed by atoms with E-state index in [9.17, 15) is 0 Å². The molecular formula is C36H56Bi2O. The predicted octanol–water partition coefficient (Wildman–Crippen LogP) is 9.51. The van der Waals surface area contributed by atoms with E-state index in [1.54, 1.807) is 6.54 Å². The molecule has 216 valence electrons. The summed E-state index contributed by atoms with van der Waals surface area (Å²) in [6.07, 6.45) is 29.3. The summed E-state index contributed by atoms with van der Waals surface area (Å²) < 4.78 is 16.2. The molecule has 39 heavy (non-hydrogen) atoms. The van der Waals surface area contributed by atoms with Crippen molar-refractivity contribution < 1.29 is 0.889 Å². The Bertz CT molecular complexity index is 866. The van der Waals surface area contributed by atoms with E-state index in [1.807, 2.05) is 0 Å². The van der Waals surface area contributed by atoms with E-state index in [1.165, 1.54) is 128 Å². The molecule has 0 bridgehead atoms. The van der Waals surface area contributed by atoms with Crippen molar-refractivity contribution >= 4 is 48.0 Å². The van der Waals surface area contributed by atoms with Crippen LogP contribution in [0.5, 0.6) is 0 Å². The van der Waals surface area contributed by atoms with Crippen molar-refractivity contribution in [3.05, 3.63) is 60.7 Å². The zero-order chi connectivity index (χ0) is 26.4. The van der Waals surface area contributed by atoms with Crippen LogP contribution in [0.15, 0.2) is 60.7 Å². The van der Waals surface area contributed by atoms with Gasteiger partial charge in [0.15, 0.2) is 0 Å². The monoisotopic (exact) mass is 922 g/mol. The second-order valence-corrected chi connectivity index (χ2v) is 51.0. The Morgan fingerprint density at radius 1 is 0.359 bits per heavy atom. The molecule has 0 heterocycles. The molecule has 0 spiro atoms. The first-order valence-electron chi connectivity index (χ1n) is 17.2. The van der Waals surface area contributed by atoms with Crippen LogP contribution in [0.4, 0.5) is 0 Å². The van der Waals surface area contributed by atoms with Gasteiger partial charge in [-0.25, -0.2) is 0 Å². The summed E-state index contributed by atoms with van der Waals surface area (Å²) in [5.41, 5.74) is 0. The van der Waals surface area contributed by atoms with Gasteiger partial charge in [0.2, 0.25) is 0 Å². The molecule has 0 unspecified atom stereocenters. The number of rotatable bonds is 8. The van der Waals surface area contributed by atoms with E-state index in [4.69, 9.17) is 0.889 Å². The molecule has 3 heteroatoms. The van der Waals surface area contributed by atoms with Crippen LogP contribution in [0.25, 0.3) is 0 Å². The molecule has 6 rings (SSSR count). The third-order valence-corrected chi connectivity index (χ3v) is 74.8. The zero-order valence-corrected chi connectivity index (χ0v) is 32.4. The second-order valence-electron chi connectivity index (χ2n) is 13.8. The van der Waals surface area contributed by atoms with E-state index in [-0.39, 0.29) is 0 Å². The summed E-state index contributed by atoms with van der Waals surface area (Å²) in [5, 5.41) is 0. The van der Waals surface area contributed by atoms with E-state index in [0.29, 0.717) is 0 Å². The first kappa shape index (κ1) is 29.2. The maximum absolute atomic E-state index is 9.00. The summed E-state index contributed by atoms with van der Waals surface area (Å²) in [5.74, 6) is 0. The third-order valence-electron chi connectivity index (χ3n) is 11.6. The van der Waals surface area contributed by atoms with Crippen LogP contribution in [-0.2, 0) is 0.889 Å². The van der Waals surface area contributed by atoms with Gasteiger partial charge in [0.25, 0.3) is 0 Å². The van der Waals surface area contributed by atoms with Crippen molar-refractivity contribution in [1.29, 1.82) is 0 Å². The topological polar surface area (TPSA) is 9.23 Å². The van der Waals surface area contributed by atoms with E-state index >= 15 is 0 Å².